The van der Waals surface area contributed by atoms with Crippen LogP contribution in [-0.4, -0.2) is 16.0 Å². The first kappa shape index (κ1) is 14.3. The van der Waals surface area contributed by atoms with Crippen LogP contribution in [0.3, 0.4) is 0 Å². The molecule has 1 saturated carbocycles. The topological polar surface area (TPSA) is 50.9 Å². The van der Waals surface area contributed by atoms with Gasteiger partial charge in [0.05, 0.1) is 5.56 Å². The van der Waals surface area contributed by atoms with Crippen LogP contribution in [0.1, 0.15) is 50.7 Å². The van der Waals surface area contributed by atoms with Crippen LogP contribution in [0.2, 0.25) is 0 Å². The zero-order valence-corrected chi connectivity index (χ0v) is 12.8. The summed E-state index contributed by atoms with van der Waals surface area (Å²) in [6, 6.07) is 2.41. The number of rotatable bonds is 3. The molecule has 19 heavy (non-hydrogen) atoms. The van der Waals surface area contributed by atoms with E-state index in [1.807, 2.05) is 19.2 Å². The van der Waals surface area contributed by atoms with Crippen LogP contribution in [-0.2, 0) is 0 Å². The van der Waals surface area contributed by atoms with Crippen molar-refractivity contribution in [1.29, 1.82) is 0 Å². The van der Waals surface area contributed by atoms with Gasteiger partial charge in [0.1, 0.15) is 10.8 Å². The van der Waals surface area contributed by atoms with Crippen molar-refractivity contribution in [3.8, 4) is 0 Å². The molecule has 104 valence electrons. The number of nitrogens with one attached hydrogen (secondary N) is 1. The van der Waals surface area contributed by atoms with Crippen molar-refractivity contribution in [2.75, 3.05) is 5.32 Å². The van der Waals surface area contributed by atoms with E-state index in [-0.39, 0.29) is 0 Å². The molecular formula is C15H23N3S. The van der Waals surface area contributed by atoms with Crippen LogP contribution < -0.4 is 11.1 Å². The summed E-state index contributed by atoms with van der Waals surface area (Å²) in [6.45, 7) is 6.68. The minimum atomic E-state index is 0.406. The van der Waals surface area contributed by atoms with Gasteiger partial charge in [0.25, 0.3) is 0 Å². The van der Waals surface area contributed by atoms with E-state index >= 15 is 0 Å². The van der Waals surface area contributed by atoms with Crippen molar-refractivity contribution in [1.82, 2.24) is 4.98 Å². The zero-order valence-electron chi connectivity index (χ0n) is 12.0. The maximum absolute atomic E-state index is 5.83. The SMILES string of the molecule is Cc1ccnc(NC2CCCC(C)(C)C2)c1C(N)=S. The van der Waals surface area contributed by atoms with Crippen LogP contribution in [0.25, 0.3) is 0 Å². The lowest BCUT2D eigenvalue weighted by molar-refractivity contribution is 0.229. The van der Waals surface area contributed by atoms with Crippen molar-refractivity contribution >= 4 is 23.0 Å². The molecule has 1 heterocycles. The average Bonchev–Trinajstić information content (AvgIpc) is 2.26. The molecule has 1 aromatic rings. The number of aryl methyl sites for hydroxylation is 1. The van der Waals surface area contributed by atoms with Crippen LogP contribution >= 0.6 is 12.2 Å². The number of nitrogens with zero attached hydrogens (tertiary/aromatic N) is 1. The Morgan fingerprint density at radius 3 is 2.89 bits per heavy atom. The van der Waals surface area contributed by atoms with Crippen LogP contribution in [0.5, 0.6) is 0 Å². The number of anilines is 1. The summed E-state index contributed by atoms with van der Waals surface area (Å²) in [6.07, 6.45) is 6.73. The van der Waals surface area contributed by atoms with Crippen LogP contribution in [0, 0.1) is 12.3 Å². The molecule has 3 N–H and O–H groups in total. The van der Waals surface area contributed by atoms with E-state index in [4.69, 9.17) is 18.0 Å². The van der Waals surface area contributed by atoms with E-state index in [2.05, 4.69) is 24.1 Å². The highest BCUT2D eigenvalue weighted by atomic mass is 32.1. The van der Waals surface area contributed by atoms with Gasteiger partial charge in [-0.15, -0.1) is 0 Å². The van der Waals surface area contributed by atoms with E-state index in [0.717, 1.165) is 16.9 Å². The maximum atomic E-state index is 5.83. The molecule has 0 amide bonds. The number of aromatic nitrogens is 1. The molecule has 1 aliphatic rings. The Morgan fingerprint density at radius 1 is 1.53 bits per heavy atom. The van der Waals surface area contributed by atoms with E-state index in [0.29, 0.717) is 16.4 Å². The first-order chi connectivity index (χ1) is 8.89. The standard InChI is InChI=1S/C15H23N3S/c1-10-6-8-17-14(12(10)13(16)19)18-11-5-4-7-15(2,3)9-11/h6,8,11H,4-5,7,9H2,1-3H3,(H2,16,19)(H,17,18). The molecule has 0 aliphatic heterocycles. The highest BCUT2D eigenvalue weighted by Gasteiger charge is 2.28. The molecule has 3 nitrogen and oxygen atoms in total. The fourth-order valence-electron chi connectivity index (χ4n) is 2.99. The molecule has 1 fully saturated rings. The predicted octanol–water partition coefficient (Wildman–Crippen LogP) is 3.40. The van der Waals surface area contributed by atoms with Crippen molar-refractivity contribution < 1.29 is 0 Å². The Morgan fingerprint density at radius 2 is 2.26 bits per heavy atom. The smallest absolute Gasteiger partial charge is 0.136 e. The van der Waals surface area contributed by atoms with Gasteiger partial charge >= 0.3 is 0 Å². The fourth-order valence-corrected chi connectivity index (χ4v) is 3.25. The van der Waals surface area contributed by atoms with Gasteiger partial charge in [0.15, 0.2) is 0 Å². The predicted molar refractivity (Wildman–Crippen MR) is 84.5 cm³/mol. The quantitative estimate of drug-likeness (QED) is 0.831. The Labute approximate surface area is 121 Å². The van der Waals surface area contributed by atoms with Crippen LogP contribution in [0.4, 0.5) is 5.82 Å². The van der Waals surface area contributed by atoms with Crippen molar-refractivity contribution in [2.45, 2.75) is 52.5 Å². The lowest BCUT2D eigenvalue weighted by Crippen LogP contribution is -2.33. The van der Waals surface area contributed by atoms with Crippen molar-refractivity contribution in [3.05, 3.63) is 23.4 Å². The molecule has 1 aromatic heterocycles. The van der Waals surface area contributed by atoms with E-state index < -0.39 is 0 Å². The third-order valence-corrected chi connectivity index (χ3v) is 4.16. The van der Waals surface area contributed by atoms with E-state index in [9.17, 15) is 0 Å². The summed E-state index contributed by atoms with van der Waals surface area (Å²) in [5.41, 5.74) is 8.20. The molecule has 1 atom stereocenters. The van der Waals surface area contributed by atoms with E-state index in [1.54, 1.807) is 0 Å². The van der Waals surface area contributed by atoms with Crippen molar-refractivity contribution in [2.24, 2.45) is 11.1 Å². The summed E-state index contributed by atoms with van der Waals surface area (Å²) in [7, 11) is 0. The normalized spacial score (nSPS) is 21.9. The largest absolute Gasteiger partial charge is 0.389 e. The minimum absolute atomic E-state index is 0.406. The monoisotopic (exact) mass is 277 g/mol. The second-order valence-electron chi connectivity index (χ2n) is 6.32. The Kier molecular flexibility index (Phi) is 4.09. The maximum Gasteiger partial charge on any atom is 0.136 e. The highest BCUT2D eigenvalue weighted by molar-refractivity contribution is 7.80. The number of hydrogen-bond acceptors (Lipinski definition) is 3. The number of pyridine rings is 1. The van der Waals surface area contributed by atoms with Gasteiger partial charge in [-0.05, 0) is 43.2 Å². The molecular weight excluding hydrogens is 254 g/mol. The molecule has 1 aliphatic carbocycles. The van der Waals surface area contributed by atoms with Gasteiger partial charge in [-0.3, -0.25) is 0 Å². The van der Waals surface area contributed by atoms with Gasteiger partial charge < -0.3 is 11.1 Å². The number of hydrogen-bond donors (Lipinski definition) is 2. The average molecular weight is 277 g/mol. The third-order valence-electron chi connectivity index (χ3n) is 3.95. The highest BCUT2D eigenvalue weighted by Crippen LogP contribution is 2.36. The molecule has 0 aromatic carbocycles. The fraction of sp³-hybridized carbons (Fsp3) is 0.600. The first-order valence-electron chi connectivity index (χ1n) is 6.91. The lowest BCUT2D eigenvalue weighted by atomic mass is 9.75. The van der Waals surface area contributed by atoms with Crippen molar-refractivity contribution in [3.63, 3.8) is 0 Å². The summed E-state index contributed by atoms with van der Waals surface area (Å²) >= 11 is 5.15. The summed E-state index contributed by atoms with van der Waals surface area (Å²) in [5.74, 6) is 0.843. The molecule has 0 bridgehead atoms. The Balaban J connectivity index is 2.19. The van der Waals surface area contributed by atoms with Gasteiger partial charge in [0, 0.05) is 12.2 Å². The van der Waals surface area contributed by atoms with Gasteiger partial charge in [-0.1, -0.05) is 32.5 Å². The number of nitrogens with two attached hydrogens (primary N) is 1. The van der Waals surface area contributed by atoms with Crippen LogP contribution in [0.15, 0.2) is 12.3 Å². The first-order valence-corrected chi connectivity index (χ1v) is 7.32. The molecule has 0 spiro atoms. The molecule has 0 saturated heterocycles. The summed E-state index contributed by atoms with van der Waals surface area (Å²) < 4.78 is 0. The molecule has 2 rings (SSSR count). The second kappa shape index (κ2) is 5.45. The third kappa shape index (κ3) is 3.44. The summed E-state index contributed by atoms with van der Waals surface area (Å²) in [4.78, 5) is 4.84. The molecule has 0 radical (unpaired) electrons. The van der Waals surface area contributed by atoms with Gasteiger partial charge in [0.2, 0.25) is 0 Å². The van der Waals surface area contributed by atoms with Gasteiger partial charge in [-0.2, -0.15) is 0 Å². The second-order valence-corrected chi connectivity index (χ2v) is 6.76. The molecule has 4 heteroatoms. The summed E-state index contributed by atoms with van der Waals surface area (Å²) in [5, 5.41) is 3.55. The zero-order chi connectivity index (χ0) is 14.0. The minimum Gasteiger partial charge on any atom is -0.389 e. The Bertz CT molecular complexity index is 482. The number of thiocarbonyl (C=S) groups is 1. The molecule has 1 unspecified atom stereocenters. The van der Waals surface area contributed by atoms with E-state index in [1.165, 1.54) is 25.7 Å². The van der Waals surface area contributed by atoms with Gasteiger partial charge in [-0.25, -0.2) is 4.98 Å². The lowest BCUT2D eigenvalue weighted by Gasteiger charge is -2.36. The Hall–Kier alpha value is -1.16.